The lowest BCUT2D eigenvalue weighted by Gasteiger charge is -2.25. The summed E-state index contributed by atoms with van der Waals surface area (Å²) in [5, 5.41) is 3.93. The van der Waals surface area contributed by atoms with Crippen LogP contribution in [0.1, 0.15) is 36.2 Å². The van der Waals surface area contributed by atoms with Gasteiger partial charge in [-0.2, -0.15) is 0 Å². The fourth-order valence-electron chi connectivity index (χ4n) is 2.43. The summed E-state index contributed by atoms with van der Waals surface area (Å²) in [4.78, 5) is 13.8. The van der Waals surface area contributed by atoms with Gasteiger partial charge in [-0.3, -0.25) is 0 Å². The van der Waals surface area contributed by atoms with E-state index in [-0.39, 0.29) is 5.97 Å². The Morgan fingerprint density at radius 1 is 1.08 bits per heavy atom. The van der Waals surface area contributed by atoms with Gasteiger partial charge in [0.25, 0.3) is 0 Å². The van der Waals surface area contributed by atoms with Crippen molar-refractivity contribution >= 4 is 29.0 Å². The van der Waals surface area contributed by atoms with Gasteiger partial charge in [0.05, 0.1) is 12.2 Å². The van der Waals surface area contributed by atoms with Crippen molar-refractivity contribution in [3.05, 3.63) is 65.7 Å². The summed E-state index contributed by atoms with van der Waals surface area (Å²) < 4.78 is 4.99. The zero-order valence-corrected chi connectivity index (χ0v) is 15.5. The number of nitrogens with zero attached hydrogens (tertiary/aromatic N) is 1. The van der Waals surface area contributed by atoms with Crippen LogP contribution in [0, 0.1) is 0 Å². The maximum atomic E-state index is 11.7. The molecule has 0 saturated heterocycles. The first kappa shape index (κ1) is 18.9. The molecule has 0 aromatic heterocycles. The molecule has 2 rings (SSSR count). The summed E-state index contributed by atoms with van der Waals surface area (Å²) in [6.07, 6.45) is 1.01. The molecule has 25 heavy (non-hydrogen) atoms. The van der Waals surface area contributed by atoms with Crippen LogP contribution in [0.2, 0.25) is 0 Å². The summed E-state index contributed by atoms with van der Waals surface area (Å²) >= 11 is 5.57. The fraction of sp³-hybridized carbons (Fsp3) is 0.300. The lowest BCUT2D eigenvalue weighted by atomic mass is 10.2. The lowest BCUT2D eigenvalue weighted by Crippen LogP contribution is -2.34. The lowest BCUT2D eigenvalue weighted by molar-refractivity contribution is 0.0526. The van der Waals surface area contributed by atoms with Gasteiger partial charge in [0.15, 0.2) is 5.11 Å². The molecule has 0 radical (unpaired) electrons. The number of hydrogen-bond acceptors (Lipinski definition) is 3. The van der Waals surface area contributed by atoms with E-state index in [9.17, 15) is 4.79 Å². The number of thiocarbonyl (C=S) groups is 1. The Hall–Kier alpha value is -2.40. The predicted octanol–water partition coefficient (Wildman–Crippen LogP) is 4.47. The van der Waals surface area contributed by atoms with Crippen LogP contribution in [0.25, 0.3) is 0 Å². The molecule has 2 aromatic carbocycles. The molecule has 0 bridgehead atoms. The Balaban J connectivity index is 2.01. The van der Waals surface area contributed by atoms with E-state index in [1.807, 2.05) is 30.3 Å². The van der Waals surface area contributed by atoms with Crippen molar-refractivity contribution in [1.29, 1.82) is 0 Å². The first-order chi connectivity index (χ1) is 12.1. The van der Waals surface area contributed by atoms with E-state index in [0.717, 1.165) is 25.2 Å². The molecule has 0 heterocycles. The number of esters is 1. The Morgan fingerprint density at radius 2 is 1.76 bits per heavy atom. The molecular formula is C20H24N2O2S. The van der Waals surface area contributed by atoms with Crippen molar-refractivity contribution in [3.8, 4) is 0 Å². The largest absolute Gasteiger partial charge is 0.462 e. The van der Waals surface area contributed by atoms with E-state index < -0.39 is 0 Å². The minimum absolute atomic E-state index is 0.312. The second kappa shape index (κ2) is 9.79. The second-order valence-corrected chi connectivity index (χ2v) is 6.02. The van der Waals surface area contributed by atoms with Gasteiger partial charge in [0, 0.05) is 18.8 Å². The standard InChI is InChI=1S/C20H24N2O2S/c1-3-14-22(15-16-8-6-5-7-9-16)20(25)21-18-12-10-17(11-13-18)19(23)24-4-2/h5-13H,3-4,14-15H2,1-2H3,(H,21,25). The SMILES string of the molecule is CCCN(Cc1ccccc1)C(=S)Nc1ccc(C(=O)OCC)cc1. The van der Waals surface area contributed by atoms with Crippen molar-refractivity contribution in [2.24, 2.45) is 0 Å². The molecular weight excluding hydrogens is 332 g/mol. The Bertz CT molecular complexity index is 687. The van der Waals surface area contributed by atoms with Crippen LogP contribution in [0.15, 0.2) is 54.6 Å². The highest BCUT2D eigenvalue weighted by Gasteiger charge is 2.11. The summed E-state index contributed by atoms with van der Waals surface area (Å²) in [6.45, 7) is 5.94. The highest BCUT2D eigenvalue weighted by atomic mass is 32.1. The number of nitrogens with one attached hydrogen (secondary N) is 1. The van der Waals surface area contributed by atoms with Crippen LogP contribution in [-0.4, -0.2) is 29.1 Å². The monoisotopic (exact) mass is 356 g/mol. The molecule has 0 amide bonds. The summed E-state index contributed by atoms with van der Waals surface area (Å²) in [6, 6.07) is 17.4. The fourth-order valence-corrected chi connectivity index (χ4v) is 2.71. The van der Waals surface area contributed by atoms with Gasteiger partial charge < -0.3 is 15.0 Å². The minimum Gasteiger partial charge on any atom is -0.462 e. The molecule has 0 atom stereocenters. The van der Waals surface area contributed by atoms with E-state index in [2.05, 4.69) is 29.3 Å². The molecule has 0 aliphatic rings. The van der Waals surface area contributed by atoms with Gasteiger partial charge in [-0.05, 0) is 55.4 Å². The van der Waals surface area contributed by atoms with Gasteiger partial charge in [-0.15, -0.1) is 0 Å². The Kier molecular flexibility index (Phi) is 7.41. The second-order valence-electron chi connectivity index (χ2n) is 5.64. The van der Waals surface area contributed by atoms with Crippen molar-refractivity contribution in [2.45, 2.75) is 26.8 Å². The van der Waals surface area contributed by atoms with Gasteiger partial charge in [-0.25, -0.2) is 4.79 Å². The zero-order chi connectivity index (χ0) is 18.1. The highest BCUT2D eigenvalue weighted by Crippen LogP contribution is 2.13. The molecule has 0 aliphatic carbocycles. The molecule has 132 valence electrons. The van der Waals surface area contributed by atoms with Crippen LogP contribution in [-0.2, 0) is 11.3 Å². The highest BCUT2D eigenvalue weighted by molar-refractivity contribution is 7.80. The normalized spacial score (nSPS) is 10.2. The van der Waals surface area contributed by atoms with Crippen LogP contribution >= 0.6 is 12.2 Å². The Morgan fingerprint density at radius 3 is 2.36 bits per heavy atom. The third-order valence-corrected chi connectivity index (χ3v) is 4.00. The number of rotatable bonds is 7. The van der Waals surface area contributed by atoms with E-state index in [4.69, 9.17) is 17.0 Å². The van der Waals surface area contributed by atoms with Crippen molar-refractivity contribution < 1.29 is 9.53 Å². The van der Waals surface area contributed by atoms with E-state index >= 15 is 0 Å². The van der Waals surface area contributed by atoms with Crippen molar-refractivity contribution in [1.82, 2.24) is 4.90 Å². The van der Waals surface area contributed by atoms with Crippen LogP contribution < -0.4 is 5.32 Å². The molecule has 1 N–H and O–H groups in total. The van der Waals surface area contributed by atoms with Gasteiger partial charge in [-0.1, -0.05) is 37.3 Å². The van der Waals surface area contributed by atoms with Crippen LogP contribution in [0.5, 0.6) is 0 Å². The van der Waals surface area contributed by atoms with Crippen molar-refractivity contribution in [2.75, 3.05) is 18.5 Å². The summed E-state index contributed by atoms with van der Waals surface area (Å²) in [7, 11) is 0. The molecule has 4 nitrogen and oxygen atoms in total. The molecule has 0 saturated carbocycles. The quantitative estimate of drug-likeness (QED) is 0.585. The summed E-state index contributed by atoms with van der Waals surface area (Å²) in [5.41, 5.74) is 2.61. The number of carbonyl (C=O) groups is 1. The van der Waals surface area contributed by atoms with E-state index in [0.29, 0.717) is 17.3 Å². The maximum Gasteiger partial charge on any atom is 0.338 e. The topological polar surface area (TPSA) is 41.6 Å². The van der Waals surface area contributed by atoms with E-state index in [1.165, 1.54) is 5.56 Å². The van der Waals surface area contributed by atoms with Crippen LogP contribution in [0.4, 0.5) is 5.69 Å². The Labute approximate surface area is 154 Å². The molecule has 2 aromatic rings. The van der Waals surface area contributed by atoms with Crippen molar-refractivity contribution in [3.63, 3.8) is 0 Å². The number of anilines is 1. The zero-order valence-electron chi connectivity index (χ0n) is 14.7. The van der Waals surface area contributed by atoms with Gasteiger partial charge in [0.2, 0.25) is 0 Å². The average molecular weight is 356 g/mol. The third-order valence-electron chi connectivity index (χ3n) is 3.64. The van der Waals surface area contributed by atoms with Gasteiger partial charge in [0.1, 0.15) is 0 Å². The molecule has 5 heteroatoms. The minimum atomic E-state index is -0.312. The number of carbonyl (C=O) groups excluding carboxylic acids is 1. The predicted molar refractivity (Wildman–Crippen MR) is 106 cm³/mol. The summed E-state index contributed by atoms with van der Waals surface area (Å²) in [5.74, 6) is -0.312. The van der Waals surface area contributed by atoms with E-state index in [1.54, 1.807) is 19.1 Å². The third kappa shape index (κ3) is 5.87. The van der Waals surface area contributed by atoms with Gasteiger partial charge >= 0.3 is 5.97 Å². The van der Waals surface area contributed by atoms with Crippen LogP contribution in [0.3, 0.4) is 0 Å². The molecule has 0 spiro atoms. The number of hydrogen-bond donors (Lipinski definition) is 1. The first-order valence-electron chi connectivity index (χ1n) is 8.51. The molecule has 0 fully saturated rings. The average Bonchev–Trinajstić information content (AvgIpc) is 2.63. The molecule has 0 unspecified atom stereocenters. The number of benzene rings is 2. The first-order valence-corrected chi connectivity index (χ1v) is 8.92. The molecule has 0 aliphatic heterocycles. The number of ether oxygens (including phenoxy) is 1. The maximum absolute atomic E-state index is 11.7. The smallest absolute Gasteiger partial charge is 0.338 e.